The van der Waals surface area contributed by atoms with Crippen LogP contribution in [0.4, 0.5) is 0 Å². The predicted molar refractivity (Wildman–Crippen MR) is 265 cm³/mol. The van der Waals surface area contributed by atoms with Gasteiger partial charge in [-0.15, -0.1) is 0 Å². The molecule has 0 aliphatic heterocycles. The standard InChI is InChI=1S/C62H44/c1-61(2)54-24-14-13-17-45(54)46-33-31-41(36-55(46)61)57-50-21-10-8-19-48(50)56(49-20-9-11-22-51(49)57)38-27-25-37(26-28-38)39-29-32-42-40(35-39)30-34-53-58-47-18-7-5-15-43(47)44-16-6-12-23-52(44)60(58)62(3,4)59(42)53/h5-36H,1-4H3. The molecule has 62 heavy (non-hydrogen) atoms. The Morgan fingerprint density at radius 3 is 1.39 bits per heavy atom. The fourth-order valence-electron chi connectivity index (χ4n) is 12.0. The molecule has 0 fully saturated rings. The van der Waals surface area contributed by atoms with Crippen LogP contribution in [0.15, 0.2) is 194 Å². The first-order chi connectivity index (χ1) is 30.3. The van der Waals surface area contributed by atoms with Gasteiger partial charge in [-0.3, -0.25) is 0 Å². The molecule has 0 bridgehead atoms. The molecule has 0 saturated carbocycles. The van der Waals surface area contributed by atoms with Gasteiger partial charge in [-0.05, 0) is 144 Å². The molecule has 0 radical (unpaired) electrons. The molecule has 2 aliphatic rings. The summed E-state index contributed by atoms with van der Waals surface area (Å²) < 4.78 is 0. The van der Waals surface area contributed by atoms with Crippen LogP contribution in [0.3, 0.4) is 0 Å². The molecule has 0 unspecified atom stereocenters. The molecule has 0 N–H and O–H groups in total. The van der Waals surface area contributed by atoms with Crippen LogP contribution in [-0.4, -0.2) is 0 Å². The van der Waals surface area contributed by atoms with E-state index in [0.717, 1.165) is 0 Å². The van der Waals surface area contributed by atoms with Gasteiger partial charge in [0.05, 0.1) is 0 Å². The third kappa shape index (κ3) is 4.73. The van der Waals surface area contributed by atoms with Gasteiger partial charge in [0, 0.05) is 10.8 Å². The van der Waals surface area contributed by atoms with Gasteiger partial charge in [0.15, 0.2) is 0 Å². The predicted octanol–water partition coefficient (Wildman–Crippen LogP) is 17.1. The maximum atomic E-state index is 2.47. The van der Waals surface area contributed by atoms with E-state index in [1.165, 1.54) is 132 Å². The van der Waals surface area contributed by atoms with E-state index in [0.29, 0.717) is 0 Å². The Hall–Kier alpha value is -7.28. The molecule has 0 nitrogen and oxygen atoms in total. The van der Waals surface area contributed by atoms with Crippen molar-refractivity contribution in [3.8, 4) is 55.6 Å². The third-order valence-corrected chi connectivity index (χ3v) is 14.8. The van der Waals surface area contributed by atoms with Crippen molar-refractivity contribution >= 4 is 53.9 Å². The van der Waals surface area contributed by atoms with Crippen LogP contribution < -0.4 is 0 Å². The Morgan fingerprint density at radius 2 is 0.726 bits per heavy atom. The van der Waals surface area contributed by atoms with Gasteiger partial charge in [0.2, 0.25) is 0 Å². The topological polar surface area (TPSA) is 0 Å². The van der Waals surface area contributed by atoms with E-state index in [9.17, 15) is 0 Å². The van der Waals surface area contributed by atoms with Crippen molar-refractivity contribution in [1.82, 2.24) is 0 Å². The minimum absolute atomic E-state index is 0.0621. The summed E-state index contributed by atoms with van der Waals surface area (Å²) in [7, 11) is 0. The van der Waals surface area contributed by atoms with Crippen LogP contribution in [0.1, 0.15) is 49.9 Å². The minimum atomic E-state index is -0.152. The van der Waals surface area contributed by atoms with Crippen LogP contribution in [0.5, 0.6) is 0 Å². The first kappa shape index (κ1) is 35.5. The molecule has 11 aromatic rings. The molecule has 0 heterocycles. The lowest BCUT2D eigenvalue weighted by Gasteiger charge is -2.25. The zero-order valence-corrected chi connectivity index (χ0v) is 35.5. The Kier molecular flexibility index (Phi) is 7.23. The van der Waals surface area contributed by atoms with Crippen molar-refractivity contribution in [2.24, 2.45) is 0 Å². The highest BCUT2D eigenvalue weighted by Crippen LogP contribution is 2.57. The van der Waals surface area contributed by atoms with E-state index < -0.39 is 0 Å². The number of hydrogen-bond donors (Lipinski definition) is 0. The van der Waals surface area contributed by atoms with Crippen molar-refractivity contribution in [1.29, 1.82) is 0 Å². The fourth-order valence-corrected chi connectivity index (χ4v) is 12.0. The van der Waals surface area contributed by atoms with E-state index in [-0.39, 0.29) is 10.8 Å². The lowest BCUT2D eigenvalue weighted by atomic mass is 9.77. The minimum Gasteiger partial charge on any atom is -0.0619 e. The second-order valence-corrected chi connectivity index (χ2v) is 18.7. The van der Waals surface area contributed by atoms with E-state index in [1.54, 1.807) is 0 Å². The van der Waals surface area contributed by atoms with Gasteiger partial charge in [-0.2, -0.15) is 0 Å². The molecule has 0 heteroatoms. The molecule has 0 saturated heterocycles. The zero-order chi connectivity index (χ0) is 41.5. The highest BCUT2D eigenvalue weighted by molar-refractivity contribution is 6.22. The lowest BCUT2D eigenvalue weighted by Crippen LogP contribution is -2.16. The average molecular weight is 789 g/mol. The first-order valence-electron chi connectivity index (χ1n) is 22.1. The van der Waals surface area contributed by atoms with Crippen LogP contribution in [0.25, 0.3) is 109 Å². The molecule has 2 aliphatic carbocycles. The molecule has 0 aromatic heterocycles. The quantitative estimate of drug-likeness (QED) is 0.124. The normalized spacial score (nSPS) is 14.4. The Balaban J connectivity index is 0.919. The van der Waals surface area contributed by atoms with Gasteiger partial charge in [0.25, 0.3) is 0 Å². The van der Waals surface area contributed by atoms with Gasteiger partial charge < -0.3 is 0 Å². The molecular weight excluding hydrogens is 745 g/mol. The molecule has 0 spiro atoms. The summed E-state index contributed by atoms with van der Waals surface area (Å²) in [6.45, 7) is 9.60. The van der Waals surface area contributed by atoms with Crippen molar-refractivity contribution in [2.75, 3.05) is 0 Å². The Morgan fingerprint density at radius 1 is 0.258 bits per heavy atom. The third-order valence-electron chi connectivity index (χ3n) is 14.8. The maximum absolute atomic E-state index is 2.47. The molecular formula is C62H44. The monoisotopic (exact) mass is 788 g/mol. The van der Waals surface area contributed by atoms with E-state index in [1.807, 2.05) is 0 Å². The van der Waals surface area contributed by atoms with Gasteiger partial charge in [-0.25, -0.2) is 0 Å². The van der Waals surface area contributed by atoms with Gasteiger partial charge in [0.1, 0.15) is 0 Å². The van der Waals surface area contributed by atoms with E-state index in [2.05, 4.69) is 222 Å². The molecule has 13 rings (SSSR count). The second-order valence-electron chi connectivity index (χ2n) is 18.7. The first-order valence-corrected chi connectivity index (χ1v) is 22.1. The highest BCUT2D eigenvalue weighted by Gasteiger charge is 2.40. The summed E-state index contributed by atoms with van der Waals surface area (Å²) in [6.07, 6.45) is 0. The smallest absolute Gasteiger partial charge is 0.0171 e. The largest absolute Gasteiger partial charge is 0.0619 e. The van der Waals surface area contributed by atoms with Crippen molar-refractivity contribution < 1.29 is 0 Å². The van der Waals surface area contributed by atoms with Crippen molar-refractivity contribution in [3.05, 3.63) is 216 Å². The van der Waals surface area contributed by atoms with Gasteiger partial charge in [-0.1, -0.05) is 210 Å². The Bertz CT molecular complexity index is 3670. The van der Waals surface area contributed by atoms with Crippen LogP contribution in [-0.2, 0) is 10.8 Å². The molecule has 292 valence electrons. The SMILES string of the molecule is CC1(C)c2ccccc2-c2ccc(-c3c4ccccc4c(-c4ccc(-c5ccc6c7c(ccc6c5)-c5c(c6ccccc6c6ccccc56)C7(C)C)cc4)c4ccccc34)cc21. The lowest BCUT2D eigenvalue weighted by molar-refractivity contribution is 0.660. The van der Waals surface area contributed by atoms with Gasteiger partial charge >= 0.3 is 0 Å². The summed E-state index contributed by atoms with van der Waals surface area (Å²) in [4.78, 5) is 0. The summed E-state index contributed by atoms with van der Waals surface area (Å²) in [5, 5.41) is 13.1. The number of benzene rings is 11. The summed E-state index contributed by atoms with van der Waals surface area (Å²) in [5.41, 5.74) is 18.5. The van der Waals surface area contributed by atoms with Crippen molar-refractivity contribution in [3.63, 3.8) is 0 Å². The average Bonchev–Trinajstić information content (AvgIpc) is 3.70. The van der Waals surface area contributed by atoms with Crippen LogP contribution in [0, 0.1) is 0 Å². The fraction of sp³-hybridized carbons (Fsp3) is 0.0968. The summed E-state index contributed by atoms with van der Waals surface area (Å²) in [5.74, 6) is 0. The molecule has 11 aromatic carbocycles. The zero-order valence-electron chi connectivity index (χ0n) is 35.5. The summed E-state index contributed by atoms with van der Waals surface area (Å²) >= 11 is 0. The number of hydrogen-bond acceptors (Lipinski definition) is 0. The van der Waals surface area contributed by atoms with E-state index in [4.69, 9.17) is 0 Å². The molecule has 0 amide bonds. The second kappa shape index (κ2) is 12.6. The van der Waals surface area contributed by atoms with Crippen LogP contribution >= 0.6 is 0 Å². The highest BCUT2D eigenvalue weighted by atomic mass is 14.4. The van der Waals surface area contributed by atoms with Crippen LogP contribution in [0.2, 0.25) is 0 Å². The number of fused-ring (bicyclic) bond motifs is 15. The van der Waals surface area contributed by atoms with E-state index >= 15 is 0 Å². The maximum Gasteiger partial charge on any atom is 0.0171 e. The Labute approximate surface area is 362 Å². The number of rotatable bonds is 3. The molecule has 0 atom stereocenters. The van der Waals surface area contributed by atoms with Crippen molar-refractivity contribution in [2.45, 2.75) is 38.5 Å². The summed E-state index contributed by atoms with van der Waals surface area (Å²) in [6, 6.07) is 73.3.